The molecule has 1 heterocycles. The topological polar surface area (TPSA) is 89.9 Å². The van der Waals surface area contributed by atoms with Crippen LogP contribution in [0.4, 0.5) is 4.79 Å². The van der Waals surface area contributed by atoms with E-state index in [9.17, 15) is 9.59 Å². The molecule has 7 heteroatoms. The molecular weight excluding hydrogens is 232 g/mol. The van der Waals surface area contributed by atoms with Gasteiger partial charge in [0, 0.05) is 18.8 Å². The minimum Gasteiger partial charge on any atom is -0.480 e. The van der Waals surface area contributed by atoms with Gasteiger partial charge in [-0.25, -0.2) is 9.59 Å². The predicted octanol–water partition coefficient (Wildman–Crippen LogP) is -0.420. The maximum absolute atomic E-state index is 11.7. The molecule has 0 unspecified atom stereocenters. The van der Waals surface area contributed by atoms with E-state index < -0.39 is 24.6 Å². The lowest BCUT2D eigenvalue weighted by atomic mass is 10.3. The van der Waals surface area contributed by atoms with Gasteiger partial charge in [0.15, 0.2) is 6.04 Å². The van der Waals surface area contributed by atoms with Crippen molar-refractivity contribution in [1.29, 1.82) is 0 Å². The van der Waals surface area contributed by atoms with Crippen molar-refractivity contribution in [2.75, 3.05) is 31.2 Å². The van der Waals surface area contributed by atoms with Crippen LogP contribution in [-0.4, -0.2) is 64.4 Å². The lowest BCUT2D eigenvalue weighted by Crippen LogP contribution is -2.50. The summed E-state index contributed by atoms with van der Waals surface area (Å²) in [6.07, 6.45) is 0.912. The molecule has 0 aliphatic carbocycles. The number of urea groups is 1. The fourth-order valence-electron chi connectivity index (χ4n) is 1.37. The molecule has 2 amide bonds. The van der Waals surface area contributed by atoms with E-state index in [-0.39, 0.29) is 0 Å². The van der Waals surface area contributed by atoms with Crippen molar-refractivity contribution in [3.8, 4) is 0 Å². The van der Waals surface area contributed by atoms with Gasteiger partial charge in [-0.1, -0.05) is 0 Å². The zero-order chi connectivity index (χ0) is 12.0. The first-order chi connectivity index (χ1) is 7.65. The number of carbonyl (C=O) groups is 2. The average Bonchev–Trinajstić information content (AvgIpc) is 2.53. The Balaban J connectivity index is 2.46. The molecule has 92 valence electrons. The Morgan fingerprint density at radius 3 is 2.75 bits per heavy atom. The van der Waals surface area contributed by atoms with Crippen molar-refractivity contribution in [1.82, 2.24) is 10.2 Å². The first-order valence-electron chi connectivity index (χ1n) is 5.12. The highest BCUT2D eigenvalue weighted by Crippen LogP contribution is 2.09. The van der Waals surface area contributed by atoms with E-state index in [4.69, 9.17) is 10.2 Å². The minimum atomic E-state index is -1.22. The molecule has 3 N–H and O–H groups in total. The van der Waals surface area contributed by atoms with E-state index >= 15 is 0 Å². The fraction of sp³-hybridized carbons (Fsp3) is 0.778. The number of nitrogens with one attached hydrogen (secondary N) is 1. The summed E-state index contributed by atoms with van der Waals surface area (Å²) in [6.45, 7) is 0.661. The van der Waals surface area contributed by atoms with Gasteiger partial charge in [-0.2, -0.15) is 11.8 Å². The maximum atomic E-state index is 11.7. The van der Waals surface area contributed by atoms with Gasteiger partial charge in [-0.05, 0) is 12.2 Å². The number of carboxylic acid groups (broad SMARTS) is 1. The molecule has 1 aliphatic heterocycles. The maximum Gasteiger partial charge on any atom is 0.328 e. The molecule has 16 heavy (non-hydrogen) atoms. The number of aliphatic carboxylic acids is 1. The highest BCUT2D eigenvalue weighted by molar-refractivity contribution is 7.99. The molecule has 1 rings (SSSR count). The predicted molar refractivity (Wildman–Crippen MR) is 60.6 cm³/mol. The lowest BCUT2D eigenvalue weighted by Gasteiger charge is -2.22. The lowest BCUT2D eigenvalue weighted by molar-refractivity contribution is -0.140. The summed E-state index contributed by atoms with van der Waals surface area (Å²) in [7, 11) is 0. The van der Waals surface area contributed by atoms with Crippen molar-refractivity contribution in [2.45, 2.75) is 12.5 Å². The Morgan fingerprint density at radius 1 is 1.38 bits per heavy atom. The third-order valence-corrected chi connectivity index (χ3v) is 3.34. The van der Waals surface area contributed by atoms with E-state index in [1.54, 1.807) is 16.7 Å². The van der Waals surface area contributed by atoms with Gasteiger partial charge in [0.2, 0.25) is 0 Å². The number of aliphatic hydroxyl groups excluding tert-OH is 1. The Labute approximate surface area is 98.0 Å². The number of aliphatic hydroxyl groups is 1. The monoisotopic (exact) mass is 248 g/mol. The van der Waals surface area contributed by atoms with Crippen LogP contribution < -0.4 is 5.32 Å². The summed E-state index contributed by atoms with van der Waals surface area (Å²) in [5.74, 6) is 0.663. The minimum absolute atomic E-state index is 0.413. The summed E-state index contributed by atoms with van der Waals surface area (Å²) in [4.78, 5) is 23.9. The molecule has 0 aromatic carbocycles. The van der Waals surface area contributed by atoms with Crippen LogP contribution in [-0.2, 0) is 4.79 Å². The number of rotatable bonds is 3. The van der Waals surface area contributed by atoms with E-state index in [1.165, 1.54) is 0 Å². The summed E-state index contributed by atoms with van der Waals surface area (Å²) in [5.41, 5.74) is 0. The zero-order valence-corrected chi connectivity index (χ0v) is 9.70. The van der Waals surface area contributed by atoms with Crippen molar-refractivity contribution >= 4 is 23.8 Å². The number of carboxylic acids is 1. The Morgan fingerprint density at radius 2 is 2.12 bits per heavy atom. The molecule has 6 nitrogen and oxygen atoms in total. The summed E-state index contributed by atoms with van der Waals surface area (Å²) < 4.78 is 0. The van der Waals surface area contributed by atoms with Crippen molar-refractivity contribution in [3.05, 3.63) is 0 Å². The van der Waals surface area contributed by atoms with Gasteiger partial charge in [-0.15, -0.1) is 0 Å². The molecule has 1 aliphatic rings. The number of amides is 2. The Bertz CT molecular complexity index is 254. The molecule has 0 aromatic rings. The summed E-state index contributed by atoms with van der Waals surface area (Å²) in [5, 5.41) is 19.8. The Hall–Kier alpha value is -0.950. The molecule has 1 saturated heterocycles. The third kappa shape index (κ3) is 3.90. The van der Waals surface area contributed by atoms with Crippen LogP contribution in [0.2, 0.25) is 0 Å². The van der Waals surface area contributed by atoms with Crippen LogP contribution in [0.1, 0.15) is 6.42 Å². The normalized spacial score (nSPS) is 18.7. The first-order valence-corrected chi connectivity index (χ1v) is 6.27. The van der Waals surface area contributed by atoms with Gasteiger partial charge < -0.3 is 20.4 Å². The number of hydrogen-bond acceptors (Lipinski definition) is 4. The van der Waals surface area contributed by atoms with Crippen LogP contribution >= 0.6 is 11.8 Å². The summed E-state index contributed by atoms with van der Waals surface area (Å²) in [6, 6.07) is -1.63. The van der Waals surface area contributed by atoms with E-state index in [0.717, 1.165) is 17.9 Å². The smallest absolute Gasteiger partial charge is 0.328 e. The standard InChI is InChI=1S/C9H16N2O4S/c12-6-7(8(13)14)10-9(15)11-2-1-4-16-5-3-11/h7,12H,1-6H2,(H,10,15)(H,13,14)/t7-/m0/s1. The van der Waals surface area contributed by atoms with Crippen LogP contribution in [0.3, 0.4) is 0 Å². The second-order valence-electron chi connectivity index (χ2n) is 3.48. The largest absolute Gasteiger partial charge is 0.480 e. The van der Waals surface area contributed by atoms with Gasteiger partial charge in [0.05, 0.1) is 6.61 Å². The van der Waals surface area contributed by atoms with E-state index in [1.807, 2.05) is 0 Å². The van der Waals surface area contributed by atoms with Crippen molar-refractivity contribution < 1.29 is 19.8 Å². The summed E-state index contributed by atoms with van der Waals surface area (Å²) >= 11 is 1.78. The van der Waals surface area contributed by atoms with E-state index in [2.05, 4.69) is 5.32 Å². The van der Waals surface area contributed by atoms with Gasteiger partial charge >= 0.3 is 12.0 Å². The van der Waals surface area contributed by atoms with Crippen molar-refractivity contribution in [2.24, 2.45) is 0 Å². The van der Waals surface area contributed by atoms with E-state index in [0.29, 0.717) is 13.1 Å². The number of thioether (sulfide) groups is 1. The second kappa shape index (κ2) is 6.59. The molecule has 0 radical (unpaired) electrons. The van der Waals surface area contributed by atoms with Crippen LogP contribution in [0.25, 0.3) is 0 Å². The molecule has 0 saturated carbocycles. The quantitative estimate of drug-likeness (QED) is 0.631. The third-order valence-electron chi connectivity index (χ3n) is 2.29. The fourth-order valence-corrected chi connectivity index (χ4v) is 2.26. The molecule has 1 fully saturated rings. The average molecular weight is 248 g/mol. The van der Waals surface area contributed by atoms with Crippen LogP contribution in [0.5, 0.6) is 0 Å². The highest BCUT2D eigenvalue weighted by atomic mass is 32.2. The molecular formula is C9H16N2O4S. The zero-order valence-electron chi connectivity index (χ0n) is 8.89. The molecule has 1 atom stereocenters. The number of carbonyl (C=O) groups excluding carboxylic acids is 1. The van der Waals surface area contributed by atoms with Crippen LogP contribution in [0, 0.1) is 0 Å². The number of hydrogen-bond donors (Lipinski definition) is 3. The SMILES string of the molecule is O=C(O)[C@H](CO)NC(=O)N1CCCSCC1. The highest BCUT2D eigenvalue weighted by Gasteiger charge is 2.22. The van der Waals surface area contributed by atoms with Gasteiger partial charge in [0.25, 0.3) is 0 Å². The first kappa shape index (κ1) is 13.1. The van der Waals surface area contributed by atoms with Crippen molar-refractivity contribution in [3.63, 3.8) is 0 Å². The van der Waals surface area contributed by atoms with Crippen LogP contribution in [0.15, 0.2) is 0 Å². The van der Waals surface area contributed by atoms with Gasteiger partial charge in [-0.3, -0.25) is 0 Å². The molecule has 0 aromatic heterocycles. The molecule has 0 spiro atoms. The van der Waals surface area contributed by atoms with Gasteiger partial charge in [0.1, 0.15) is 0 Å². The second-order valence-corrected chi connectivity index (χ2v) is 4.70. The number of nitrogens with zero attached hydrogens (tertiary/aromatic N) is 1. The Kier molecular flexibility index (Phi) is 5.41. The molecule has 0 bridgehead atoms.